The van der Waals surface area contributed by atoms with Gasteiger partial charge in [0.25, 0.3) is 5.56 Å². The molecule has 4 heteroatoms. The fourth-order valence-corrected chi connectivity index (χ4v) is 2.67. The van der Waals surface area contributed by atoms with Crippen LogP contribution in [0, 0.1) is 13.8 Å². The number of hydrogen-bond acceptors (Lipinski definition) is 2. The Labute approximate surface area is 114 Å². The Morgan fingerprint density at radius 2 is 1.80 bits per heavy atom. The molecule has 4 nitrogen and oxygen atoms in total. The molecule has 0 amide bonds. The van der Waals surface area contributed by atoms with Crippen LogP contribution in [-0.4, -0.2) is 14.4 Å². The molecule has 0 unspecified atom stereocenters. The van der Waals surface area contributed by atoms with Gasteiger partial charge in [-0.05, 0) is 43.7 Å². The summed E-state index contributed by atoms with van der Waals surface area (Å²) in [7, 11) is 0. The lowest BCUT2D eigenvalue weighted by Crippen LogP contribution is -2.14. The molecule has 0 saturated heterocycles. The lowest BCUT2D eigenvalue weighted by atomic mass is 10.2. The molecule has 4 aromatic rings. The van der Waals surface area contributed by atoms with Gasteiger partial charge in [0.2, 0.25) is 5.78 Å². The molecule has 2 aromatic heterocycles. The number of rotatable bonds is 0. The molecule has 1 N–H and O–H groups in total. The zero-order valence-corrected chi connectivity index (χ0v) is 11.3. The molecule has 20 heavy (non-hydrogen) atoms. The van der Waals surface area contributed by atoms with Crippen molar-refractivity contribution in [3.05, 3.63) is 57.9 Å². The molecule has 0 aliphatic rings. The van der Waals surface area contributed by atoms with Crippen molar-refractivity contribution >= 4 is 27.7 Å². The minimum Gasteiger partial charge on any atom is -0.323 e. The summed E-state index contributed by atoms with van der Waals surface area (Å²) in [5, 5.41) is 0.656. The molecule has 2 heterocycles. The van der Waals surface area contributed by atoms with E-state index in [0.717, 1.165) is 27.7 Å². The van der Waals surface area contributed by atoms with Gasteiger partial charge in [-0.3, -0.25) is 4.79 Å². The highest BCUT2D eigenvalue weighted by molar-refractivity contribution is 5.85. The van der Waals surface area contributed by atoms with Crippen molar-refractivity contribution < 1.29 is 0 Å². The van der Waals surface area contributed by atoms with Crippen molar-refractivity contribution in [2.45, 2.75) is 13.8 Å². The SMILES string of the molecule is Cc1ccc2c(c1)[nH]c1nc3ccc(C)cc3c(=O)n12. The fraction of sp³-hybridized carbons (Fsp3) is 0.125. The van der Waals surface area contributed by atoms with Crippen molar-refractivity contribution in [2.24, 2.45) is 0 Å². The number of aryl methyl sites for hydroxylation is 2. The third-order valence-electron chi connectivity index (χ3n) is 3.66. The molecular formula is C16H13N3O. The zero-order valence-electron chi connectivity index (χ0n) is 11.3. The Bertz CT molecular complexity index is 1040. The summed E-state index contributed by atoms with van der Waals surface area (Å²) in [5.41, 5.74) is 4.71. The summed E-state index contributed by atoms with van der Waals surface area (Å²) in [6.07, 6.45) is 0. The van der Waals surface area contributed by atoms with Gasteiger partial charge in [0, 0.05) is 0 Å². The van der Waals surface area contributed by atoms with Gasteiger partial charge in [-0.2, -0.15) is 0 Å². The summed E-state index contributed by atoms with van der Waals surface area (Å²) in [6, 6.07) is 11.7. The van der Waals surface area contributed by atoms with Crippen LogP contribution in [0.5, 0.6) is 0 Å². The van der Waals surface area contributed by atoms with Crippen molar-refractivity contribution in [1.82, 2.24) is 14.4 Å². The number of imidazole rings is 1. The van der Waals surface area contributed by atoms with Gasteiger partial charge < -0.3 is 4.98 Å². The molecule has 0 saturated carbocycles. The van der Waals surface area contributed by atoms with E-state index in [0.29, 0.717) is 11.2 Å². The first-order chi connectivity index (χ1) is 9.63. The van der Waals surface area contributed by atoms with E-state index in [1.165, 1.54) is 0 Å². The Kier molecular flexibility index (Phi) is 2.07. The summed E-state index contributed by atoms with van der Waals surface area (Å²) < 4.78 is 1.65. The van der Waals surface area contributed by atoms with Crippen LogP contribution in [0.1, 0.15) is 11.1 Å². The monoisotopic (exact) mass is 263 g/mol. The minimum absolute atomic E-state index is 0.0243. The Morgan fingerprint density at radius 3 is 2.65 bits per heavy atom. The second kappa shape index (κ2) is 3.70. The first-order valence-electron chi connectivity index (χ1n) is 6.55. The maximum Gasteiger partial charge on any atom is 0.267 e. The maximum atomic E-state index is 12.7. The smallest absolute Gasteiger partial charge is 0.267 e. The van der Waals surface area contributed by atoms with Crippen LogP contribution in [0.3, 0.4) is 0 Å². The van der Waals surface area contributed by atoms with Crippen LogP contribution >= 0.6 is 0 Å². The highest BCUT2D eigenvalue weighted by Crippen LogP contribution is 2.18. The Balaban J connectivity index is 2.30. The second-order valence-electron chi connectivity index (χ2n) is 5.24. The van der Waals surface area contributed by atoms with E-state index >= 15 is 0 Å². The first-order valence-corrected chi connectivity index (χ1v) is 6.55. The molecule has 0 aliphatic carbocycles. The molecule has 0 radical (unpaired) electrons. The van der Waals surface area contributed by atoms with Crippen LogP contribution in [0.2, 0.25) is 0 Å². The lowest BCUT2D eigenvalue weighted by Gasteiger charge is -2.00. The number of hydrogen-bond donors (Lipinski definition) is 1. The van der Waals surface area contributed by atoms with Gasteiger partial charge in [-0.15, -0.1) is 0 Å². The van der Waals surface area contributed by atoms with E-state index in [9.17, 15) is 4.79 Å². The number of fused-ring (bicyclic) bond motifs is 4. The first kappa shape index (κ1) is 11.2. The van der Waals surface area contributed by atoms with E-state index in [4.69, 9.17) is 0 Å². The minimum atomic E-state index is -0.0243. The molecule has 98 valence electrons. The normalized spacial score (nSPS) is 11.7. The van der Waals surface area contributed by atoms with Gasteiger partial charge in [-0.25, -0.2) is 9.38 Å². The van der Waals surface area contributed by atoms with Crippen LogP contribution in [0.15, 0.2) is 41.2 Å². The standard InChI is InChI=1S/C16H13N3O/c1-9-3-5-12-11(7-9)15(20)19-14-6-4-10(2)8-13(14)18-16(19)17-12/h3-8H,1-2H3,(H,17,18). The van der Waals surface area contributed by atoms with Gasteiger partial charge in [0.05, 0.1) is 21.9 Å². The van der Waals surface area contributed by atoms with Crippen LogP contribution < -0.4 is 5.56 Å². The average molecular weight is 263 g/mol. The number of H-pyrrole nitrogens is 1. The molecule has 0 aliphatic heterocycles. The van der Waals surface area contributed by atoms with Crippen molar-refractivity contribution in [1.29, 1.82) is 0 Å². The van der Waals surface area contributed by atoms with Gasteiger partial charge in [0.1, 0.15) is 0 Å². The van der Waals surface area contributed by atoms with Gasteiger partial charge in [0.15, 0.2) is 0 Å². The molecule has 0 spiro atoms. The quantitative estimate of drug-likeness (QED) is 0.530. The second-order valence-corrected chi connectivity index (χ2v) is 5.24. The Hall–Kier alpha value is -2.62. The lowest BCUT2D eigenvalue weighted by molar-refractivity contribution is 1.12. The van der Waals surface area contributed by atoms with E-state index in [-0.39, 0.29) is 5.56 Å². The number of nitrogens with one attached hydrogen (secondary N) is 1. The van der Waals surface area contributed by atoms with Gasteiger partial charge >= 0.3 is 0 Å². The van der Waals surface area contributed by atoms with E-state index in [1.54, 1.807) is 4.40 Å². The molecule has 4 rings (SSSR count). The topological polar surface area (TPSA) is 50.2 Å². The molecule has 0 atom stereocenters. The molecule has 0 bridgehead atoms. The van der Waals surface area contributed by atoms with Crippen LogP contribution in [-0.2, 0) is 0 Å². The number of aromatic nitrogens is 3. The maximum absolute atomic E-state index is 12.7. The van der Waals surface area contributed by atoms with E-state index < -0.39 is 0 Å². The highest BCUT2D eigenvalue weighted by Gasteiger charge is 2.10. The summed E-state index contributed by atoms with van der Waals surface area (Å²) >= 11 is 0. The summed E-state index contributed by atoms with van der Waals surface area (Å²) in [6.45, 7) is 4.01. The highest BCUT2D eigenvalue weighted by atomic mass is 16.1. The largest absolute Gasteiger partial charge is 0.323 e. The number of nitrogens with zero attached hydrogens (tertiary/aromatic N) is 2. The fourth-order valence-electron chi connectivity index (χ4n) is 2.67. The predicted molar refractivity (Wildman–Crippen MR) is 80.3 cm³/mol. The molecule has 2 aromatic carbocycles. The number of benzene rings is 2. The van der Waals surface area contributed by atoms with Crippen molar-refractivity contribution in [3.8, 4) is 0 Å². The molecular weight excluding hydrogens is 250 g/mol. The van der Waals surface area contributed by atoms with Crippen LogP contribution in [0.25, 0.3) is 27.7 Å². The predicted octanol–water partition coefficient (Wildman–Crippen LogP) is 2.95. The summed E-state index contributed by atoms with van der Waals surface area (Å²) in [4.78, 5) is 20.5. The van der Waals surface area contributed by atoms with E-state index in [1.807, 2.05) is 50.2 Å². The zero-order chi connectivity index (χ0) is 13.9. The third kappa shape index (κ3) is 1.42. The molecule has 0 fully saturated rings. The van der Waals surface area contributed by atoms with Crippen molar-refractivity contribution in [3.63, 3.8) is 0 Å². The average Bonchev–Trinajstić information content (AvgIpc) is 2.77. The van der Waals surface area contributed by atoms with Gasteiger partial charge in [-0.1, -0.05) is 17.7 Å². The Morgan fingerprint density at radius 1 is 1.05 bits per heavy atom. The third-order valence-corrected chi connectivity index (χ3v) is 3.66. The van der Waals surface area contributed by atoms with Crippen molar-refractivity contribution in [2.75, 3.05) is 0 Å². The number of aromatic amines is 1. The summed E-state index contributed by atoms with van der Waals surface area (Å²) in [5.74, 6) is 0.590. The van der Waals surface area contributed by atoms with E-state index in [2.05, 4.69) is 9.97 Å². The van der Waals surface area contributed by atoms with Crippen LogP contribution in [0.4, 0.5) is 0 Å².